The third-order valence-electron chi connectivity index (χ3n) is 3.84. The van der Waals surface area contributed by atoms with Gasteiger partial charge in [-0.15, -0.1) is 0 Å². The molecule has 7 heteroatoms. The second-order valence-electron chi connectivity index (χ2n) is 5.68. The highest BCUT2D eigenvalue weighted by atomic mass is 16.2. The molecule has 0 fully saturated rings. The van der Waals surface area contributed by atoms with Crippen LogP contribution < -0.4 is 10.6 Å². The van der Waals surface area contributed by atoms with Crippen molar-refractivity contribution in [3.05, 3.63) is 49.1 Å². The van der Waals surface area contributed by atoms with Crippen LogP contribution in [0.5, 0.6) is 0 Å². The largest absolute Gasteiger partial charge is 0.347 e. The Morgan fingerprint density at radius 1 is 1.21 bits per heavy atom. The molecule has 1 heterocycles. The SMILES string of the molecule is O=C(C[C@H]1C=CCC1)NCC(=O)Nc1ccc(-n2cncn2)cc1. The lowest BCUT2D eigenvalue weighted by atomic mass is 10.1. The predicted octanol–water partition coefficient (Wildman–Crippen LogP) is 1.68. The standard InChI is InChI=1S/C17H19N5O2/c23-16(9-13-3-1-2-4-13)19-10-17(24)21-14-5-7-15(8-6-14)22-12-18-11-20-22/h1,3,5-8,11-13H,2,4,9-10H2,(H,19,23)(H,21,24)/t13-/m0/s1. The number of benzene rings is 1. The number of anilines is 1. The van der Waals surface area contributed by atoms with Crippen molar-refractivity contribution in [2.45, 2.75) is 19.3 Å². The van der Waals surface area contributed by atoms with Crippen LogP contribution in [0.15, 0.2) is 49.1 Å². The molecule has 124 valence electrons. The molecular weight excluding hydrogens is 306 g/mol. The van der Waals surface area contributed by atoms with Crippen LogP contribution in [0.1, 0.15) is 19.3 Å². The van der Waals surface area contributed by atoms with E-state index < -0.39 is 0 Å². The fourth-order valence-electron chi connectivity index (χ4n) is 2.60. The highest BCUT2D eigenvalue weighted by Crippen LogP contribution is 2.19. The lowest BCUT2D eigenvalue weighted by molar-refractivity contribution is -0.124. The molecule has 1 aliphatic carbocycles. The molecule has 1 aliphatic rings. The van der Waals surface area contributed by atoms with Crippen LogP contribution in [-0.2, 0) is 9.59 Å². The Morgan fingerprint density at radius 3 is 2.71 bits per heavy atom. The van der Waals surface area contributed by atoms with Crippen LogP contribution in [0.3, 0.4) is 0 Å². The quantitative estimate of drug-likeness (QED) is 0.791. The van der Waals surface area contributed by atoms with Crippen LogP contribution in [0, 0.1) is 5.92 Å². The lowest BCUT2D eigenvalue weighted by Crippen LogP contribution is -2.33. The van der Waals surface area contributed by atoms with E-state index in [0.717, 1.165) is 18.5 Å². The molecule has 0 saturated carbocycles. The fourth-order valence-corrected chi connectivity index (χ4v) is 2.60. The van der Waals surface area contributed by atoms with E-state index in [4.69, 9.17) is 0 Å². The van der Waals surface area contributed by atoms with Crippen LogP contribution in [0.2, 0.25) is 0 Å². The Kier molecular flexibility index (Phi) is 5.00. The fraction of sp³-hybridized carbons (Fsp3) is 0.294. The molecule has 24 heavy (non-hydrogen) atoms. The van der Waals surface area contributed by atoms with E-state index in [1.54, 1.807) is 23.1 Å². The molecule has 2 N–H and O–H groups in total. The monoisotopic (exact) mass is 325 g/mol. The highest BCUT2D eigenvalue weighted by molar-refractivity contribution is 5.94. The predicted molar refractivity (Wildman–Crippen MR) is 89.5 cm³/mol. The molecule has 3 rings (SSSR count). The van der Waals surface area contributed by atoms with Crippen LogP contribution in [-0.4, -0.2) is 33.1 Å². The van der Waals surface area contributed by atoms with Gasteiger partial charge in [0.05, 0.1) is 12.2 Å². The first-order chi connectivity index (χ1) is 11.7. The Balaban J connectivity index is 1.44. The first-order valence-electron chi connectivity index (χ1n) is 7.89. The van der Waals surface area contributed by atoms with E-state index in [1.807, 2.05) is 12.1 Å². The summed E-state index contributed by atoms with van der Waals surface area (Å²) in [7, 11) is 0. The van der Waals surface area contributed by atoms with Crippen molar-refractivity contribution >= 4 is 17.5 Å². The number of aromatic nitrogens is 3. The minimum absolute atomic E-state index is 0.0277. The first-order valence-corrected chi connectivity index (χ1v) is 7.89. The number of carbonyl (C=O) groups excluding carboxylic acids is 2. The molecule has 7 nitrogen and oxygen atoms in total. The Bertz CT molecular complexity index is 722. The van der Waals surface area contributed by atoms with E-state index in [1.165, 1.54) is 6.33 Å². The second-order valence-corrected chi connectivity index (χ2v) is 5.68. The summed E-state index contributed by atoms with van der Waals surface area (Å²) in [6.07, 6.45) is 9.70. The minimum atomic E-state index is -0.251. The van der Waals surface area contributed by atoms with Gasteiger partial charge in [0.2, 0.25) is 11.8 Å². The molecule has 0 spiro atoms. The van der Waals surface area contributed by atoms with Crippen molar-refractivity contribution in [2.24, 2.45) is 5.92 Å². The molecule has 1 atom stereocenters. The topological polar surface area (TPSA) is 88.9 Å². The summed E-state index contributed by atoms with van der Waals surface area (Å²) in [5, 5.41) is 9.44. The summed E-state index contributed by atoms with van der Waals surface area (Å²) < 4.78 is 1.63. The molecule has 0 unspecified atom stereocenters. The number of allylic oxidation sites excluding steroid dienone is 2. The zero-order valence-electron chi connectivity index (χ0n) is 13.2. The number of hydrogen-bond acceptors (Lipinski definition) is 4. The Hall–Kier alpha value is -2.96. The third-order valence-corrected chi connectivity index (χ3v) is 3.84. The van der Waals surface area contributed by atoms with Gasteiger partial charge in [-0.25, -0.2) is 9.67 Å². The van der Waals surface area contributed by atoms with E-state index in [-0.39, 0.29) is 18.4 Å². The van der Waals surface area contributed by atoms with Crippen molar-refractivity contribution in [1.82, 2.24) is 20.1 Å². The van der Waals surface area contributed by atoms with Crippen molar-refractivity contribution < 1.29 is 9.59 Å². The van der Waals surface area contributed by atoms with Gasteiger partial charge in [-0.05, 0) is 43.0 Å². The van der Waals surface area contributed by atoms with Gasteiger partial charge in [-0.2, -0.15) is 5.10 Å². The maximum atomic E-state index is 11.9. The van der Waals surface area contributed by atoms with E-state index in [9.17, 15) is 9.59 Å². The van der Waals surface area contributed by atoms with Gasteiger partial charge in [-0.1, -0.05) is 12.2 Å². The highest BCUT2D eigenvalue weighted by Gasteiger charge is 2.14. The van der Waals surface area contributed by atoms with Crippen molar-refractivity contribution in [3.8, 4) is 5.69 Å². The van der Waals surface area contributed by atoms with Gasteiger partial charge < -0.3 is 10.6 Å². The summed E-state index contributed by atoms with van der Waals surface area (Å²) in [5.41, 5.74) is 1.51. The molecular formula is C17H19N5O2. The van der Waals surface area contributed by atoms with E-state index >= 15 is 0 Å². The van der Waals surface area contributed by atoms with Gasteiger partial charge in [0.25, 0.3) is 0 Å². The van der Waals surface area contributed by atoms with Gasteiger partial charge in [0, 0.05) is 12.1 Å². The molecule has 0 bridgehead atoms. The molecule has 1 aromatic heterocycles. The molecule has 1 aromatic carbocycles. The first kappa shape index (κ1) is 15.9. The average molecular weight is 325 g/mol. The van der Waals surface area contributed by atoms with Gasteiger partial charge in [-0.3, -0.25) is 9.59 Å². The number of carbonyl (C=O) groups is 2. The normalized spacial score (nSPS) is 16.1. The smallest absolute Gasteiger partial charge is 0.243 e. The van der Waals surface area contributed by atoms with Crippen LogP contribution in [0.4, 0.5) is 5.69 Å². The zero-order chi connectivity index (χ0) is 16.8. The van der Waals surface area contributed by atoms with Crippen LogP contribution in [0.25, 0.3) is 5.69 Å². The second kappa shape index (κ2) is 7.54. The van der Waals surface area contributed by atoms with E-state index in [0.29, 0.717) is 18.0 Å². The molecule has 0 radical (unpaired) electrons. The molecule has 0 saturated heterocycles. The lowest BCUT2D eigenvalue weighted by Gasteiger charge is -2.09. The number of nitrogens with zero attached hydrogens (tertiary/aromatic N) is 3. The van der Waals surface area contributed by atoms with Crippen molar-refractivity contribution in [2.75, 3.05) is 11.9 Å². The summed E-state index contributed by atoms with van der Waals surface area (Å²) in [6.45, 7) is -0.0277. The number of nitrogens with one attached hydrogen (secondary N) is 2. The average Bonchev–Trinajstić information content (AvgIpc) is 3.27. The number of rotatable bonds is 6. The summed E-state index contributed by atoms with van der Waals surface area (Å²) in [6, 6.07) is 7.21. The molecule has 2 amide bonds. The number of amides is 2. The minimum Gasteiger partial charge on any atom is -0.347 e. The molecule has 2 aromatic rings. The Labute approximate surface area is 139 Å². The Morgan fingerprint density at radius 2 is 2.04 bits per heavy atom. The molecule has 0 aliphatic heterocycles. The number of hydrogen-bond donors (Lipinski definition) is 2. The van der Waals surface area contributed by atoms with Crippen LogP contribution >= 0.6 is 0 Å². The van der Waals surface area contributed by atoms with E-state index in [2.05, 4.69) is 32.9 Å². The maximum absolute atomic E-state index is 11.9. The maximum Gasteiger partial charge on any atom is 0.243 e. The zero-order valence-corrected chi connectivity index (χ0v) is 13.2. The van der Waals surface area contributed by atoms with Gasteiger partial charge in [0.15, 0.2) is 0 Å². The third kappa shape index (κ3) is 4.28. The van der Waals surface area contributed by atoms with Crippen molar-refractivity contribution in [3.63, 3.8) is 0 Å². The summed E-state index contributed by atoms with van der Waals surface area (Å²) in [5.74, 6) is -0.0422. The van der Waals surface area contributed by atoms with Gasteiger partial charge >= 0.3 is 0 Å². The summed E-state index contributed by atoms with van der Waals surface area (Å²) in [4.78, 5) is 27.6. The van der Waals surface area contributed by atoms with Gasteiger partial charge in [0.1, 0.15) is 12.7 Å². The summed E-state index contributed by atoms with van der Waals surface area (Å²) >= 11 is 0. The van der Waals surface area contributed by atoms with Crippen molar-refractivity contribution in [1.29, 1.82) is 0 Å².